The highest BCUT2D eigenvalue weighted by Gasteiger charge is 2.17. The average Bonchev–Trinajstić information content (AvgIpc) is 2.51. The number of carboxylic acids is 1. The summed E-state index contributed by atoms with van der Waals surface area (Å²) in [5.41, 5.74) is 0.643. The predicted molar refractivity (Wildman–Crippen MR) is 83.0 cm³/mol. The number of fused-ring (bicyclic) bond motifs is 1. The van der Waals surface area contributed by atoms with E-state index in [4.69, 9.17) is 0 Å². The van der Waals surface area contributed by atoms with Crippen LogP contribution in [0.4, 0.5) is 5.69 Å². The molecule has 2 aromatic rings. The summed E-state index contributed by atoms with van der Waals surface area (Å²) in [4.78, 5) is 23.0. The molecule has 0 spiro atoms. The van der Waals surface area contributed by atoms with Gasteiger partial charge in [-0.1, -0.05) is 36.9 Å². The lowest BCUT2D eigenvalue weighted by molar-refractivity contribution is -0.674. The molecule has 0 aliphatic rings. The number of anilines is 1. The van der Waals surface area contributed by atoms with Crippen molar-refractivity contribution in [3.8, 4) is 0 Å². The van der Waals surface area contributed by atoms with Gasteiger partial charge in [0.2, 0.25) is 5.91 Å². The first-order valence-electron chi connectivity index (χ1n) is 7.04. The molecule has 0 aliphatic carbocycles. The highest BCUT2D eigenvalue weighted by molar-refractivity contribution is 5.96. The van der Waals surface area contributed by atoms with E-state index >= 15 is 0 Å². The Morgan fingerprint density at radius 2 is 1.95 bits per heavy atom. The topological polar surface area (TPSA) is 85.8 Å². The molecule has 114 valence electrons. The monoisotopic (exact) mass is 298 g/mol. The number of amides is 1. The van der Waals surface area contributed by atoms with Crippen molar-refractivity contribution in [1.82, 2.24) is 0 Å². The van der Waals surface area contributed by atoms with Crippen LogP contribution < -0.4 is 15.7 Å². The maximum absolute atomic E-state index is 12.0. The number of carboxylic acid groups (broad SMARTS) is 1. The molecule has 5 nitrogen and oxygen atoms in total. The number of carbonyl (C=O) groups is 2. The highest BCUT2D eigenvalue weighted by atomic mass is 16.4. The largest absolute Gasteiger partial charge is 0.544 e. The summed E-state index contributed by atoms with van der Waals surface area (Å²) in [7, 11) is 0. The molecule has 0 aromatic heterocycles. The van der Waals surface area contributed by atoms with Crippen LogP contribution >= 0.6 is 0 Å². The normalized spacial score (nSPS) is 11.8. The first kappa shape index (κ1) is 15.7. The zero-order valence-corrected chi connectivity index (χ0v) is 12.1. The summed E-state index contributed by atoms with van der Waals surface area (Å²) in [6.45, 7) is 3.94. The van der Waals surface area contributed by atoms with Crippen molar-refractivity contribution >= 4 is 28.3 Å². The van der Waals surface area contributed by atoms with Crippen molar-refractivity contribution in [2.75, 3.05) is 11.9 Å². The Hall–Kier alpha value is -2.66. The number of nitrogens with two attached hydrogens (primary N) is 1. The van der Waals surface area contributed by atoms with Crippen LogP contribution in [0.1, 0.15) is 6.42 Å². The van der Waals surface area contributed by atoms with Gasteiger partial charge in [-0.15, -0.1) is 0 Å². The Labute approximate surface area is 128 Å². The number of hydrogen-bond donors (Lipinski definition) is 2. The SMILES string of the molecule is C=CC[NH2+][C@@H](CC(=O)Nc1ccc2ccccc2c1)C(=O)[O-]. The fourth-order valence-corrected chi connectivity index (χ4v) is 2.20. The minimum Gasteiger partial charge on any atom is -0.544 e. The second kappa shape index (κ2) is 7.38. The molecule has 0 fully saturated rings. The second-order valence-electron chi connectivity index (χ2n) is 5.00. The molecule has 0 aliphatic heterocycles. The summed E-state index contributed by atoms with van der Waals surface area (Å²) in [6.07, 6.45) is 1.43. The van der Waals surface area contributed by atoms with E-state index in [9.17, 15) is 14.7 Å². The summed E-state index contributed by atoms with van der Waals surface area (Å²) in [5, 5.41) is 17.3. The standard InChI is InChI=1S/C17H18N2O3/c1-2-9-18-15(17(21)22)11-16(20)19-14-8-7-12-5-3-4-6-13(12)10-14/h2-8,10,15,18H,1,9,11H2,(H,19,20)(H,21,22)/t15-/m0/s1. The average molecular weight is 298 g/mol. The van der Waals surface area contributed by atoms with E-state index in [1.165, 1.54) is 5.32 Å². The van der Waals surface area contributed by atoms with Gasteiger partial charge in [0.15, 0.2) is 0 Å². The zero-order valence-electron chi connectivity index (χ0n) is 12.1. The number of benzene rings is 2. The van der Waals surface area contributed by atoms with Gasteiger partial charge in [0.1, 0.15) is 6.04 Å². The molecule has 1 amide bonds. The van der Waals surface area contributed by atoms with Crippen LogP contribution in [-0.2, 0) is 9.59 Å². The predicted octanol–water partition coefficient (Wildman–Crippen LogP) is 0.0363. The van der Waals surface area contributed by atoms with Gasteiger partial charge in [-0.25, -0.2) is 0 Å². The molecule has 2 rings (SSSR count). The molecular weight excluding hydrogens is 280 g/mol. The molecule has 1 atom stereocenters. The van der Waals surface area contributed by atoms with Crippen molar-refractivity contribution < 1.29 is 20.0 Å². The molecule has 0 radical (unpaired) electrons. The van der Waals surface area contributed by atoms with E-state index in [1.54, 1.807) is 12.1 Å². The minimum atomic E-state index is -1.25. The summed E-state index contributed by atoms with van der Waals surface area (Å²) in [5.74, 6) is -1.61. The lowest BCUT2D eigenvalue weighted by Gasteiger charge is -2.15. The van der Waals surface area contributed by atoms with Gasteiger partial charge in [-0.05, 0) is 29.0 Å². The van der Waals surface area contributed by atoms with Crippen LogP contribution in [0.5, 0.6) is 0 Å². The van der Waals surface area contributed by atoms with Crippen LogP contribution in [0.2, 0.25) is 0 Å². The molecule has 0 heterocycles. The zero-order chi connectivity index (χ0) is 15.9. The van der Waals surface area contributed by atoms with Crippen molar-refractivity contribution in [2.24, 2.45) is 0 Å². The maximum Gasteiger partial charge on any atom is 0.230 e. The molecule has 0 saturated carbocycles. The fourth-order valence-electron chi connectivity index (χ4n) is 2.20. The van der Waals surface area contributed by atoms with E-state index in [0.29, 0.717) is 12.2 Å². The summed E-state index contributed by atoms with van der Waals surface area (Å²) >= 11 is 0. The van der Waals surface area contributed by atoms with Gasteiger partial charge in [0.25, 0.3) is 0 Å². The van der Waals surface area contributed by atoms with Crippen LogP contribution in [0.3, 0.4) is 0 Å². The van der Waals surface area contributed by atoms with Crippen LogP contribution in [-0.4, -0.2) is 24.5 Å². The van der Waals surface area contributed by atoms with Crippen molar-refractivity contribution in [1.29, 1.82) is 0 Å². The third kappa shape index (κ3) is 4.17. The second-order valence-corrected chi connectivity index (χ2v) is 5.00. The van der Waals surface area contributed by atoms with Gasteiger partial charge in [-0.2, -0.15) is 0 Å². The molecule has 22 heavy (non-hydrogen) atoms. The van der Waals surface area contributed by atoms with Gasteiger partial charge < -0.3 is 20.5 Å². The molecule has 0 unspecified atom stereocenters. The number of nitrogens with one attached hydrogen (secondary N) is 1. The van der Waals surface area contributed by atoms with Crippen molar-refractivity contribution in [3.05, 3.63) is 55.1 Å². The van der Waals surface area contributed by atoms with E-state index in [2.05, 4.69) is 11.9 Å². The number of carbonyl (C=O) groups excluding carboxylic acids is 2. The van der Waals surface area contributed by atoms with Gasteiger partial charge >= 0.3 is 0 Å². The molecule has 0 saturated heterocycles. The Kier molecular flexibility index (Phi) is 5.27. The third-order valence-electron chi connectivity index (χ3n) is 3.33. The lowest BCUT2D eigenvalue weighted by Crippen LogP contribution is -2.93. The molecule has 2 aromatic carbocycles. The Morgan fingerprint density at radius 1 is 1.23 bits per heavy atom. The minimum absolute atomic E-state index is 0.150. The van der Waals surface area contributed by atoms with Gasteiger partial charge in [0.05, 0.1) is 18.9 Å². The van der Waals surface area contributed by atoms with Crippen LogP contribution in [0.15, 0.2) is 55.1 Å². The van der Waals surface area contributed by atoms with Crippen LogP contribution in [0.25, 0.3) is 10.8 Å². The molecule has 5 heteroatoms. The van der Waals surface area contributed by atoms with Crippen LogP contribution in [0, 0.1) is 0 Å². The van der Waals surface area contributed by atoms with E-state index in [-0.39, 0.29) is 12.3 Å². The third-order valence-corrected chi connectivity index (χ3v) is 3.33. The first-order valence-corrected chi connectivity index (χ1v) is 7.04. The number of rotatable bonds is 7. The smallest absolute Gasteiger partial charge is 0.230 e. The van der Waals surface area contributed by atoms with E-state index in [0.717, 1.165) is 10.8 Å². The molecule has 3 N–H and O–H groups in total. The van der Waals surface area contributed by atoms with E-state index in [1.807, 2.05) is 36.4 Å². The fraction of sp³-hybridized carbons (Fsp3) is 0.176. The van der Waals surface area contributed by atoms with E-state index < -0.39 is 12.0 Å². The number of aliphatic carboxylic acids is 1. The van der Waals surface area contributed by atoms with Crippen molar-refractivity contribution in [2.45, 2.75) is 12.5 Å². The molecule has 0 bridgehead atoms. The number of quaternary nitrogens is 1. The lowest BCUT2D eigenvalue weighted by atomic mass is 10.1. The highest BCUT2D eigenvalue weighted by Crippen LogP contribution is 2.18. The first-order chi connectivity index (χ1) is 10.6. The Morgan fingerprint density at radius 3 is 2.64 bits per heavy atom. The number of hydrogen-bond acceptors (Lipinski definition) is 3. The quantitative estimate of drug-likeness (QED) is 0.708. The van der Waals surface area contributed by atoms with Gasteiger partial charge in [-0.3, -0.25) is 4.79 Å². The molecular formula is C17H18N2O3. The Balaban J connectivity index is 2.02. The summed E-state index contributed by atoms with van der Waals surface area (Å²) < 4.78 is 0. The van der Waals surface area contributed by atoms with Crippen molar-refractivity contribution in [3.63, 3.8) is 0 Å². The maximum atomic E-state index is 12.0. The summed E-state index contributed by atoms with van der Waals surface area (Å²) in [6, 6.07) is 12.4. The van der Waals surface area contributed by atoms with Gasteiger partial charge in [0, 0.05) is 5.69 Å². The Bertz CT molecular complexity index is 697.